The number of carbonyl (C=O) groups is 7. The average Bonchev–Trinajstić information content (AvgIpc) is 3.10. The molecule has 1 fully saturated rings. The first kappa shape index (κ1) is 61.2. The summed E-state index contributed by atoms with van der Waals surface area (Å²) >= 11 is 3.09. The summed E-state index contributed by atoms with van der Waals surface area (Å²) in [6.07, 6.45) is 2.50. The van der Waals surface area contributed by atoms with Crippen LogP contribution < -0.4 is 14.5 Å². The molecule has 4 amide bonds. The van der Waals surface area contributed by atoms with E-state index in [1.54, 1.807) is 0 Å². The van der Waals surface area contributed by atoms with Crippen molar-refractivity contribution in [3.05, 3.63) is 10.6 Å². The van der Waals surface area contributed by atoms with Gasteiger partial charge in [0, 0.05) is 44.2 Å². The zero-order valence-electron chi connectivity index (χ0n) is 27.0. The Hall–Kier alpha value is -0.0426. The Morgan fingerprint density at radius 3 is 1.33 bits per heavy atom. The van der Waals surface area contributed by atoms with Gasteiger partial charge in [-0.2, -0.15) is 0 Å². The fraction of sp³-hybridized carbons (Fsp3) is 0.696. The Bertz CT molecular complexity index is 1110. The Morgan fingerprint density at radius 2 is 1.08 bits per heavy atom. The van der Waals surface area contributed by atoms with Gasteiger partial charge >= 0.3 is 107 Å². The first-order chi connectivity index (χ1) is 24.3. The predicted molar refractivity (Wildman–Crippen MR) is 190 cm³/mol. The molecule has 0 saturated carbocycles. The Labute approximate surface area is 351 Å². The molecule has 1 aliphatic heterocycles. The summed E-state index contributed by atoms with van der Waals surface area (Å²) in [7, 11) is 11.9. The first-order valence-electron chi connectivity index (χ1n) is 13.8. The SMILES string of the molecule is O=C(C[S-])[N-]CCC[N-]C(=O)C[S-].O=C(O)CCP(CCC(=O)O)CCC(=O)O.O=C1CSSCC(=O)NCCCN1.[Cl][Sn][Cl].[O]=[Tc+4].[O]=[Tc](=[O])(=[O])[O-]. The van der Waals surface area contributed by atoms with Crippen LogP contribution in [0.3, 0.4) is 0 Å². The van der Waals surface area contributed by atoms with Crippen LogP contribution in [0.25, 0.3) is 10.6 Å². The quantitative estimate of drug-likeness (QED) is 0.0490. The molecule has 0 atom stereocenters. The zero-order chi connectivity index (χ0) is 41.4. The van der Waals surface area contributed by atoms with E-state index in [0.717, 1.165) is 25.3 Å². The molecule has 1 heterocycles. The molecule has 0 bridgehead atoms. The molecule has 5 N–H and O–H groups in total. The molecule has 0 aromatic carbocycles. The molecule has 1 aliphatic rings. The molecule has 29 heteroatoms. The van der Waals surface area contributed by atoms with E-state index >= 15 is 0 Å². The number of carboxylic acid groups (broad SMARTS) is 3. The van der Waals surface area contributed by atoms with Crippen LogP contribution in [0.1, 0.15) is 32.1 Å². The van der Waals surface area contributed by atoms with Gasteiger partial charge in [0.2, 0.25) is 11.8 Å². The number of carboxylic acids is 3. The van der Waals surface area contributed by atoms with Crippen molar-refractivity contribution in [3.8, 4) is 0 Å². The minimum absolute atomic E-state index is 0.0161. The number of hydrogen-bond donors (Lipinski definition) is 5. The maximum atomic E-state index is 11.0. The molecule has 1 rings (SSSR count). The van der Waals surface area contributed by atoms with Gasteiger partial charge in [-0.3, -0.25) is 24.0 Å². The molecule has 0 aliphatic carbocycles. The summed E-state index contributed by atoms with van der Waals surface area (Å²) in [5, 5.41) is 38.3. The van der Waals surface area contributed by atoms with Crippen molar-refractivity contribution in [1.29, 1.82) is 0 Å². The van der Waals surface area contributed by atoms with Crippen LogP contribution in [0.4, 0.5) is 0 Å². The van der Waals surface area contributed by atoms with Crippen molar-refractivity contribution in [2.75, 3.05) is 67.7 Å². The summed E-state index contributed by atoms with van der Waals surface area (Å²) in [6, 6.07) is 0. The fourth-order valence-electron chi connectivity index (χ4n) is 2.50. The Balaban J connectivity index is -0.000000189. The van der Waals surface area contributed by atoms with Crippen molar-refractivity contribution >= 4 is 133 Å². The van der Waals surface area contributed by atoms with Gasteiger partial charge in [-0.1, -0.05) is 28.0 Å². The number of amides is 4. The molecule has 2 radical (unpaired) electrons. The molecular weight excluding hydrogens is 1120 g/mol. The van der Waals surface area contributed by atoms with E-state index in [1.165, 1.54) is 21.6 Å². The van der Waals surface area contributed by atoms with E-state index in [1.807, 2.05) is 0 Å². The minimum atomic E-state index is -5.94. The van der Waals surface area contributed by atoms with E-state index in [-0.39, 0.29) is 54.4 Å². The van der Waals surface area contributed by atoms with Gasteiger partial charge in [-0.25, -0.2) is 0 Å². The number of hydrogen-bond acceptors (Lipinski definition) is 16. The molecular formula is C23H37Cl2N4O15PS4SnTc2-. The molecule has 0 aromatic heterocycles. The second-order valence-corrected chi connectivity index (χ2v) is 20.3. The molecule has 1 saturated heterocycles. The van der Waals surface area contributed by atoms with E-state index in [4.69, 9.17) is 51.0 Å². The summed E-state index contributed by atoms with van der Waals surface area (Å²) in [5.74, 6) is -2.39. The van der Waals surface area contributed by atoms with Crippen molar-refractivity contribution in [1.82, 2.24) is 10.6 Å². The fourth-order valence-corrected chi connectivity index (χ4v) is 6.61. The third-order valence-corrected chi connectivity index (χ3v) is 9.72. The second kappa shape index (κ2) is 45.3. The number of nitrogens with zero attached hydrogens (tertiary/aromatic N) is 2. The normalized spacial score (nSPS) is 12.4. The summed E-state index contributed by atoms with van der Waals surface area (Å²) in [6.45, 7) is 2.04. The van der Waals surface area contributed by atoms with Crippen molar-refractivity contribution < 1.29 is 101 Å². The first-order valence-corrected chi connectivity index (χ1v) is 30.3. The van der Waals surface area contributed by atoms with Gasteiger partial charge in [0.25, 0.3) is 0 Å². The molecule has 0 aromatic rings. The van der Waals surface area contributed by atoms with Gasteiger partial charge in [-0.15, -0.1) is 32.5 Å². The van der Waals surface area contributed by atoms with Crippen LogP contribution in [-0.4, -0.2) is 143 Å². The molecule has 52 heavy (non-hydrogen) atoms. The monoisotopic (exact) mass is 1150 g/mol. The van der Waals surface area contributed by atoms with Gasteiger partial charge in [-0.05, 0) is 24.9 Å². The maximum absolute atomic E-state index is 11.0. The van der Waals surface area contributed by atoms with Crippen molar-refractivity contribution in [3.63, 3.8) is 0 Å². The van der Waals surface area contributed by atoms with Crippen LogP contribution in [0, 0.1) is 0 Å². The van der Waals surface area contributed by atoms with Gasteiger partial charge < -0.3 is 71.4 Å². The van der Waals surface area contributed by atoms with Crippen LogP contribution in [0.15, 0.2) is 0 Å². The van der Waals surface area contributed by atoms with Crippen molar-refractivity contribution in [2.45, 2.75) is 32.1 Å². The van der Waals surface area contributed by atoms with E-state index in [2.05, 4.69) is 46.5 Å². The standard InChI is InChI=1S/C9H15O6P.C7H12N2O2S2.C7H14N2O2S2.2ClH.5O.Sn.2Tc/c10-7(11)1-4-16(5-2-8(12)13)6-3-9(14)15;10-6-4-12-13-5-7(11)9-3-1-2-8-6;10-6(4-12)8-2-1-3-9-7(11)5-13;;;;;;;;;;/h1-6H2,(H,10,11)(H,12,13)(H,14,15);1-5H2,(H,8,10)(H,9,11);1-5H2,(H4,8,9,10,11,12,13);2*1H;;;;;;;;/q;;;;;;;;;-1;+2;;+4/p-6. The zero-order valence-corrected chi connectivity index (χ0v) is 39.3. The summed E-state index contributed by atoms with van der Waals surface area (Å²) in [5.41, 5.74) is 0. The van der Waals surface area contributed by atoms with E-state index < -0.39 is 60.2 Å². The van der Waals surface area contributed by atoms with Crippen LogP contribution in [0.2, 0.25) is 0 Å². The average molecular weight is 1150 g/mol. The molecule has 0 unspecified atom stereocenters. The number of nitrogens with one attached hydrogen (secondary N) is 2. The van der Waals surface area contributed by atoms with E-state index in [0.29, 0.717) is 62.6 Å². The van der Waals surface area contributed by atoms with Crippen molar-refractivity contribution in [2.24, 2.45) is 0 Å². The van der Waals surface area contributed by atoms with Gasteiger partial charge in [0.15, 0.2) is 0 Å². The third-order valence-electron chi connectivity index (χ3n) is 4.53. The number of halogens is 2. The summed E-state index contributed by atoms with van der Waals surface area (Å²) in [4.78, 5) is 74.3. The van der Waals surface area contributed by atoms with Gasteiger partial charge in [0.1, 0.15) is 0 Å². The molecule has 301 valence electrons. The predicted octanol–water partition coefficient (Wildman–Crippen LogP) is 0.496. The molecule has 0 spiro atoms. The van der Waals surface area contributed by atoms with Crippen LogP contribution >= 0.6 is 47.4 Å². The van der Waals surface area contributed by atoms with Crippen LogP contribution in [0.5, 0.6) is 0 Å². The van der Waals surface area contributed by atoms with E-state index in [9.17, 15) is 33.6 Å². The Morgan fingerprint density at radius 1 is 0.788 bits per heavy atom. The third kappa shape index (κ3) is 68.0. The topological polar surface area (TPSA) is 324 Å². The number of carbonyl (C=O) groups excluding carboxylic acids is 4. The van der Waals surface area contributed by atoms with Gasteiger partial charge in [0.05, 0.1) is 11.5 Å². The Kier molecular flexibility index (Phi) is 53.4. The summed E-state index contributed by atoms with van der Waals surface area (Å²) < 4.78 is 42.7. The van der Waals surface area contributed by atoms with Crippen LogP contribution in [-0.2, 0) is 107 Å². The number of rotatable bonds is 15. The molecule has 19 nitrogen and oxygen atoms in total. The number of aliphatic carboxylic acids is 3. The second-order valence-electron chi connectivity index (χ2n) is 8.49.